The maximum absolute atomic E-state index is 13.0. The van der Waals surface area contributed by atoms with E-state index < -0.39 is 29.7 Å². The summed E-state index contributed by atoms with van der Waals surface area (Å²) in [5, 5.41) is 12.0. The Balaban J connectivity index is 1.52. The van der Waals surface area contributed by atoms with Gasteiger partial charge in [0.1, 0.15) is 18.0 Å². The number of halogens is 3. The predicted molar refractivity (Wildman–Crippen MR) is 145 cm³/mol. The van der Waals surface area contributed by atoms with E-state index in [1.165, 1.54) is 31.4 Å². The molecule has 0 unspecified atom stereocenters. The Morgan fingerprint density at radius 3 is 2.25 bits per heavy atom. The zero-order valence-corrected chi connectivity index (χ0v) is 22.0. The largest absolute Gasteiger partial charge is 0.486 e. The number of ether oxygens (including phenoxy) is 1. The van der Waals surface area contributed by atoms with Crippen molar-refractivity contribution in [2.75, 3.05) is 6.54 Å². The molecule has 0 heterocycles. The van der Waals surface area contributed by atoms with Crippen LogP contribution in [0.25, 0.3) is 11.1 Å². The number of carbonyl (C=O) groups is 2. The van der Waals surface area contributed by atoms with Gasteiger partial charge in [0.05, 0.1) is 12.1 Å². The Morgan fingerprint density at radius 2 is 1.62 bits per heavy atom. The maximum Gasteiger partial charge on any atom is 0.416 e. The third-order valence-corrected chi connectivity index (χ3v) is 7.26. The molecule has 2 atom stereocenters. The van der Waals surface area contributed by atoms with Gasteiger partial charge in [-0.05, 0) is 71.5 Å². The third-order valence-electron chi connectivity index (χ3n) is 7.26. The van der Waals surface area contributed by atoms with Crippen molar-refractivity contribution >= 4 is 11.8 Å². The minimum Gasteiger partial charge on any atom is -0.486 e. The van der Waals surface area contributed by atoms with Crippen LogP contribution in [0.15, 0.2) is 72.8 Å². The molecular formula is C31H33F3N2O4. The van der Waals surface area contributed by atoms with Gasteiger partial charge in [-0.1, -0.05) is 62.4 Å². The lowest BCUT2D eigenvalue weighted by Gasteiger charge is -2.28. The summed E-state index contributed by atoms with van der Waals surface area (Å²) in [5.41, 5.74) is 7.06. The van der Waals surface area contributed by atoms with E-state index in [1.807, 2.05) is 24.3 Å². The Labute approximate surface area is 231 Å². The first kappa shape index (κ1) is 29.1. The molecule has 3 aromatic carbocycles. The molecule has 0 aromatic heterocycles. The van der Waals surface area contributed by atoms with Crippen LogP contribution in [-0.2, 0) is 11.0 Å². The molecule has 1 saturated carbocycles. The number of alkyl halides is 3. The number of rotatable bonds is 10. The monoisotopic (exact) mass is 554 g/mol. The Hall–Kier alpha value is -3.85. The molecule has 212 valence electrons. The second kappa shape index (κ2) is 13.0. The van der Waals surface area contributed by atoms with Crippen molar-refractivity contribution in [3.05, 3.63) is 89.5 Å². The van der Waals surface area contributed by atoms with Crippen molar-refractivity contribution in [2.24, 2.45) is 11.7 Å². The summed E-state index contributed by atoms with van der Waals surface area (Å²) in [7, 11) is 0. The van der Waals surface area contributed by atoms with E-state index in [2.05, 4.69) is 5.32 Å². The lowest BCUT2D eigenvalue weighted by molar-refractivity contribution is -0.137. The van der Waals surface area contributed by atoms with Crippen molar-refractivity contribution in [2.45, 2.75) is 56.9 Å². The van der Waals surface area contributed by atoms with Crippen molar-refractivity contribution in [1.29, 1.82) is 0 Å². The summed E-state index contributed by atoms with van der Waals surface area (Å²) < 4.78 is 45.5. The van der Waals surface area contributed by atoms with Crippen LogP contribution in [0.1, 0.15) is 66.1 Å². The van der Waals surface area contributed by atoms with Gasteiger partial charge in [-0.15, -0.1) is 0 Å². The summed E-state index contributed by atoms with van der Waals surface area (Å²) in [6.07, 6.45) is 0.473. The number of carbonyl (C=O) groups excluding carboxylic acids is 2. The SMILES string of the molecule is NC(=O)[C@H](O)CNC(=O)c1ccc(O[C@@H](CC2CCCCC2)c2cccc(-c3ccc(C(F)(F)F)cc3)c2)cc1. The van der Waals surface area contributed by atoms with Gasteiger partial charge >= 0.3 is 6.18 Å². The minimum atomic E-state index is -4.39. The highest BCUT2D eigenvalue weighted by Gasteiger charge is 2.30. The zero-order chi connectivity index (χ0) is 28.7. The summed E-state index contributed by atoms with van der Waals surface area (Å²) in [4.78, 5) is 23.3. The highest BCUT2D eigenvalue weighted by molar-refractivity contribution is 5.94. The van der Waals surface area contributed by atoms with E-state index in [4.69, 9.17) is 10.5 Å². The van der Waals surface area contributed by atoms with Crippen molar-refractivity contribution in [3.63, 3.8) is 0 Å². The molecule has 0 radical (unpaired) electrons. The molecule has 0 spiro atoms. The van der Waals surface area contributed by atoms with Crippen LogP contribution < -0.4 is 15.8 Å². The quantitative estimate of drug-likeness (QED) is 0.284. The van der Waals surface area contributed by atoms with Gasteiger partial charge in [-0.3, -0.25) is 9.59 Å². The number of hydrogen-bond acceptors (Lipinski definition) is 4. The van der Waals surface area contributed by atoms with Gasteiger partial charge in [-0.2, -0.15) is 13.2 Å². The van der Waals surface area contributed by atoms with Crippen LogP contribution in [0.5, 0.6) is 5.75 Å². The zero-order valence-electron chi connectivity index (χ0n) is 22.0. The minimum absolute atomic E-state index is 0.287. The van der Waals surface area contributed by atoms with E-state index in [0.29, 0.717) is 22.8 Å². The fraction of sp³-hybridized carbons (Fsp3) is 0.355. The fourth-order valence-electron chi connectivity index (χ4n) is 4.99. The number of aliphatic hydroxyl groups is 1. The average molecular weight is 555 g/mol. The molecule has 0 bridgehead atoms. The fourth-order valence-corrected chi connectivity index (χ4v) is 4.99. The molecule has 6 nitrogen and oxygen atoms in total. The van der Waals surface area contributed by atoms with Crippen molar-refractivity contribution in [1.82, 2.24) is 5.32 Å². The number of hydrogen-bond donors (Lipinski definition) is 3. The first-order valence-corrected chi connectivity index (χ1v) is 13.4. The topological polar surface area (TPSA) is 102 Å². The highest BCUT2D eigenvalue weighted by atomic mass is 19.4. The molecule has 0 saturated heterocycles. The smallest absolute Gasteiger partial charge is 0.416 e. The molecular weight excluding hydrogens is 521 g/mol. The van der Waals surface area contributed by atoms with Crippen LogP contribution in [0.3, 0.4) is 0 Å². The molecule has 1 fully saturated rings. The van der Waals surface area contributed by atoms with Crippen LogP contribution >= 0.6 is 0 Å². The van der Waals surface area contributed by atoms with Gasteiger partial charge in [0, 0.05) is 5.56 Å². The van der Waals surface area contributed by atoms with Crippen LogP contribution in [0.2, 0.25) is 0 Å². The average Bonchev–Trinajstić information content (AvgIpc) is 2.96. The molecule has 1 aliphatic carbocycles. The Kier molecular flexibility index (Phi) is 9.47. The standard InChI is InChI=1S/C31H33F3N2O4/c32-31(33,34)25-13-9-21(10-14-25)23-7-4-8-24(18-23)28(17-20-5-2-1-3-6-20)40-26-15-11-22(12-16-26)30(39)36-19-27(37)29(35)38/h4,7-16,18,20,27-28,37H,1-3,5-6,17,19H2,(H2,35,38)(H,36,39)/t27-,28+/m1/s1. The van der Waals surface area contributed by atoms with Crippen molar-refractivity contribution in [3.8, 4) is 16.9 Å². The molecule has 3 aromatic rings. The third kappa shape index (κ3) is 7.85. The first-order chi connectivity index (χ1) is 19.1. The highest BCUT2D eigenvalue weighted by Crippen LogP contribution is 2.36. The number of nitrogens with two attached hydrogens (primary N) is 1. The number of amides is 2. The van der Waals surface area contributed by atoms with E-state index in [-0.39, 0.29) is 12.6 Å². The number of aliphatic hydroxyl groups excluding tert-OH is 1. The van der Waals surface area contributed by atoms with E-state index in [1.54, 1.807) is 24.3 Å². The molecule has 40 heavy (non-hydrogen) atoms. The molecule has 0 aliphatic heterocycles. The Morgan fingerprint density at radius 1 is 0.950 bits per heavy atom. The lowest BCUT2D eigenvalue weighted by Crippen LogP contribution is -2.39. The van der Waals surface area contributed by atoms with Gasteiger partial charge in [0.25, 0.3) is 5.91 Å². The van der Waals surface area contributed by atoms with Crippen molar-refractivity contribution < 1.29 is 32.6 Å². The number of benzene rings is 3. The van der Waals surface area contributed by atoms with E-state index in [9.17, 15) is 27.9 Å². The van der Waals surface area contributed by atoms with Gasteiger partial charge < -0.3 is 20.9 Å². The molecule has 2 amide bonds. The number of primary amides is 1. The second-order valence-corrected chi connectivity index (χ2v) is 10.2. The predicted octanol–water partition coefficient (Wildman–Crippen LogP) is 6.04. The normalized spacial score (nSPS) is 15.7. The van der Waals surface area contributed by atoms with E-state index >= 15 is 0 Å². The summed E-state index contributed by atoms with van der Waals surface area (Å²) in [6, 6.07) is 19.4. The molecule has 1 aliphatic rings. The molecule has 4 N–H and O–H groups in total. The van der Waals surface area contributed by atoms with Crippen LogP contribution in [0, 0.1) is 5.92 Å². The van der Waals surface area contributed by atoms with Gasteiger partial charge in [0.2, 0.25) is 5.91 Å². The van der Waals surface area contributed by atoms with Crippen LogP contribution in [-0.4, -0.2) is 29.6 Å². The second-order valence-electron chi connectivity index (χ2n) is 10.2. The van der Waals surface area contributed by atoms with E-state index in [0.717, 1.165) is 42.5 Å². The summed E-state index contributed by atoms with van der Waals surface area (Å²) >= 11 is 0. The Bertz CT molecular complexity index is 1290. The summed E-state index contributed by atoms with van der Waals surface area (Å²) in [6.45, 7) is -0.287. The van der Waals surface area contributed by atoms with Gasteiger partial charge in [-0.25, -0.2) is 0 Å². The van der Waals surface area contributed by atoms with Crippen LogP contribution in [0.4, 0.5) is 13.2 Å². The van der Waals surface area contributed by atoms with Gasteiger partial charge in [0.15, 0.2) is 0 Å². The number of nitrogens with one attached hydrogen (secondary N) is 1. The first-order valence-electron chi connectivity index (χ1n) is 13.4. The maximum atomic E-state index is 13.0. The lowest BCUT2D eigenvalue weighted by atomic mass is 9.84. The summed E-state index contributed by atoms with van der Waals surface area (Å²) in [5.74, 6) is -0.324. The molecule has 4 rings (SSSR count). The molecule has 9 heteroatoms.